The standard InChI is InChI=1S/C12H22O2/c1-9(2)11(12(13)14)8-7-10-5-3-4-6-10/h9-11H,3-8H2,1-2H3,(H,13,14). The maximum absolute atomic E-state index is 10.9. The van der Waals surface area contributed by atoms with Gasteiger partial charge in [0.2, 0.25) is 0 Å². The van der Waals surface area contributed by atoms with Crippen LogP contribution in [0.25, 0.3) is 0 Å². The number of carboxylic acids is 1. The first-order valence-electron chi connectivity index (χ1n) is 5.84. The first-order valence-corrected chi connectivity index (χ1v) is 5.84. The van der Waals surface area contributed by atoms with Crippen LogP contribution in [-0.2, 0) is 4.79 Å². The molecule has 0 amide bonds. The molecule has 0 aliphatic heterocycles. The summed E-state index contributed by atoms with van der Waals surface area (Å²) >= 11 is 0. The van der Waals surface area contributed by atoms with Gasteiger partial charge in [0.1, 0.15) is 0 Å². The molecule has 1 unspecified atom stereocenters. The number of hydrogen-bond acceptors (Lipinski definition) is 1. The van der Waals surface area contributed by atoms with Gasteiger partial charge in [-0.15, -0.1) is 0 Å². The first-order chi connectivity index (χ1) is 6.61. The molecule has 0 heterocycles. The first kappa shape index (κ1) is 11.5. The summed E-state index contributed by atoms with van der Waals surface area (Å²) in [6, 6.07) is 0. The van der Waals surface area contributed by atoms with Crippen molar-refractivity contribution in [2.75, 3.05) is 0 Å². The van der Waals surface area contributed by atoms with Gasteiger partial charge in [-0.3, -0.25) is 4.79 Å². The molecule has 0 aromatic heterocycles. The van der Waals surface area contributed by atoms with Gasteiger partial charge in [0.05, 0.1) is 5.92 Å². The third-order valence-electron chi connectivity index (χ3n) is 3.48. The van der Waals surface area contributed by atoms with Gasteiger partial charge in [0.25, 0.3) is 0 Å². The number of carboxylic acid groups (broad SMARTS) is 1. The van der Waals surface area contributed by atoms with Crippen molar-refractivity contribution >= 4 is 5.97 Å². The fourth-order valence-electron chi connectivity index (χ4n) is 2.46. The smallest absolute Gasteiger partial charge is 0.306 e. The zero-order valence-electron chi connectivity index (χ0n) is 9.33. The molecule has 1 atom stereocenters. The second-order valence-corrected chi connectivity index (χ2v) is 4.92. The summed E-state index contributed by atoms with van der Waals surface area (Å²) in [5.74, 6) is 0.345. The van der Waals surface area contributed by atoms with Crippen LogP contribution in [-0.4, -0.2) is 11.1 Å². The van der Waals surface area contributed by atoms with E-state index in [1.54, 1.807) is 0 Å². The molecule has 0 radical (unpaired) electrons. The molecule has 0 aromatic carbocycles. The van der Waals surface area contributed by atoms with Gasteiger partial charge < -0.3 is 5.11 Å². The fourth-order valence-corrected chi connectivity index (χ4v) is 2.46. The number of rotatable bonds is 5. The molecule has 1 rings (SSSR count). The zero-order valence-corrected chi connectivity index (χ0v) is 9.33. The van der Waals surface area contributed by atoms with Crippen LogP contribution in [0.5, 0.6) is 0 Å². The summed E-state index contributed by atoms with van der Waals surface area (Å²) in [5, 5.41) is 9.02. The minimum atomic E-state index is -0.613. The number of carbonyl (C=O) groups is 1. The van der Waals surface area contributed by atoms with Gasteiger partial charge >= 0.3 is 5.97 Å². The predicted octanol–water partition coefficient (Wildman–Crippen LogP) is 3.31. The predicted molar refractivity (Wildman–Crippen MR) is 57.2 cm³/mol. The topological polar surface area (TPSA) is 37.3 Å². The second-order valence-electron chi connectivity index (χ2n) is 4.92. The fraction of sp³-hybridized carbons (Fsp3) is 0.917. The van der Waals surface area contributed by atoms with Crippen LogP contribution >= 0.6 is 0 Å². The lowest BCUT2D eigenvalue weighted by Gasteiger charge is -2.18. The third kappa shape index (κ3) is 3.32. The molecule has 1 N–H and O–H groups in total. The molecule has 0 aromatic rings. The van der Waals surface area contributed by atoms with Crippen molar-refractivity contribution in [3.63, 3.8) is 0 Å². The summed E-state index contributed by atoms with van der Waals surface area (Å²) in [6.45, 7) is 4.01. The molecule has 0 saturated heterocycles. The van der Waals surface area contributed by atoms with Crippen molar-refractivity contribution in [2.45, 2.75) is 52.4 Å². The average molecular weight is 198 g/mol. The SMILES string of the molecule is CC(C)C(CCC1CCCC1)C(=O)O. The molecular formula is C12H22O2. The van der Waals surface area contributed by atoms with Crippen molar-refractivity contribution in [1.82, 2.24) is 0 Å². The highest BCUT2D eigenvalue weighted by Crippen LogP contribution is 2.31. The van der Waals surface area contributed by atoms with Crippen molar-refractivity contribution in [3.05, 3.63) is 0 Å². The van der Waals surface area contributed by atoms with Gasteiger partial charge in [-0.2, -0.15) is 0 Å². The van der Waals surface area contributed by atoms with E-state index in [1.807, 2.05) is 13.8 Å². The van der Waals surface area contributed by atoms with Gasteiger partial charge in [0.15, 0.2) is 0 Å². The molecule has 1 aliphatic rings. The lowest BCUT2D eigenvalue weighted by molar-refractivity contribution is -0.143. The Morgan fingerprint density at radius 2 is 1.93 bits per heavy atom. The van der Waals surface area contributed by atoms with Crippen LogP contribution in [0.4, 0.5) is 0 Å². The summed E-state index contributed by atoms with van der Waals surface area (Å²) in [6.07, 6.45) is 7.34. The van der Waals surface area contributed by atoms with Gasteiger partial charge in [-0.1, -0.05) is 39.5 Å². The van der Waals surface area contributed by atoms with Crippen molar-refractivity contribution in [1.29, 1.82) is 0 Å². The van der Waals surface area contributed by atoms with E-state index in [-0.39, 0.29) is 11.8 Å². The lowest BCUT2D eigenvalue weighted by Crippen LogP contribution is -2.20. The van der Waals surface area contributed by atoms with Crippen LogP contribution in [0.1, 0.15) is 52.4 Å². The summed E-state index contributed by atoms with van der Waals surface area (Å²) in [5.41, 5.74) is 0. The van der Waals surface area contributed by atoms with E-state index in [1.165, 1.54) is 25.7 Å². The number of hydrogen-bond donors (Lipinski definition) is 1. The van der Waals surface area contributed by atoms with Gasteiger partial charge in [-0.25, -0.2) is 0 Å². The largest absolute Gasteiger partial charge is 0.481 e. The Morgan fingerprint density at radius 1 is 1.36 bits per heavy atom. The molecule has 1 saturated carbocycles. The second kappa shape index (κ2) is 5.38. The van der Waals surface area contributed by atoms with Crippen LogP contribution in [0, 0.1) is 17.8 Å². The molecule has 82 valence electrons. The summed E-state index contributed by atoms with van der Waals surface area (Å²) < 4.78 is 0. The molecule has 14 heavy (non-hydrogen) atoms. The third-order valence-corrected chi connectivity index (χ3v) is 3.48. The Hall–Kier alpha value is -0.530. The maximum Gasteiger partial charge on any atom is 0.306 e. The minimum Gasteiger partial charge on any atom is -0.481 e. The molecule has 0 spiro atoms. The Balaban J connectivity index is 2.28. The van der Waals surface area contributed by atoms with E-state index in [4.69, 9.17) is 5.11 Å². The monoisotopic (exact) mass is 198 g/mol. The van der Waals surface area contributed by atoms with Crippen molar-refractivity contribution in [2.24, 2.45) is 17.8 Å². The molecule has 1 aliphatic carbocycles. The molecule has 2 nitrogen and oxygen atoms in total. The lowest BCUT2D eigenvalue weighted by atomic mass is 9.87. The van der Waals surface area contributed by atoms with Gasteiger partial charge in [-0.05, 0) is 24.7 Å². The molecular weight excluding hydrogens is 176 g/mol. The molecule has 0 bridgehead atoms. The Morgan fingerprint density at radius 3 is 2.36 bits per heavy atom. The van der Waals surface area contributed by atoms with E-state index < -0.39 is 5.97 Å². The van der Waals surface area contributed by atoms with Crippen molar-refractivity contribution < 1.29 is 9.90 Å². The summed E-state index contributed by atoms with van der Waals surface area (Å²) in [4.78, 5) is 10.9. The van der Waals surface area contributed by atoms with Crippen molar-refractivity contribution in [3.8, 4) is 0 Å². The Kier molecular flexibility index (Phi) is 4.43. The summed E-state index contributed by atoms with van der Waals surface area (Å²) in [7, 11) is 0. The Labute approximate surface area is 86.7 Å². The normalized spacial score (nSPS) is 20.2. The van der Waals surface area contributed by atoms with E-state index in [9.17, 15) is 4.79 Å². The number of aliphatic carboxylic acids is 1. The van der Waals surface area contributed by atoms with E-state index >= 15 is 0 Å². The average Bonchev–Trinajstić information content (AvgIpc) is 2.55. The van der Waals surface area contributed by atoms with Crippen LogP contribution < -0.4 is 0 Å². The van der Waals surface area contributed by atoms with E-state index in [0.29, 0.717) is 0 Å². The van der Waals surface area contributed by atoms with Gasteiger partial charge in [0, 0.05) is 0 Å². The van der Waals surface area contributed by atoms with Crippen LogP contribution in [0.15, 0.2) is 0 Å². The quantitative estimate of drug-likeness (QED) is 0.735. The minimum absolute atomic E-state index is 0.129. The zero-order chi connectivity index (χ0) is 10.6. The highest BCUT2D eigenvalue weighted by Gasteiger charge is 2.23. The highest BCUT2D eigenvalue weighted by molar-refractivity contribution is 5.70. The highest BCUT2D eigenvalue weighted by atomic mass is 16.4. The van der Waals surface area contributed by atoms with Crippen LogP contribution in [0.3, 0.4) is 0 Å². The Bertz CT molecular complexity index is 181. The maximum atomic E-state index is 10.9. The molecule has 1 fully saturated rings. The molecule has 2 heteroatoms. The van der Waals surface area contributed by atoms with E-state index in [0.717, 1.165) is 18.8 Å². The van der Waals surface area contributed by atoms with E-state index in [2.05, 4.69) is 0 Å². The van der Waals surface area contributed by atoms with Crippen LogP contribution in [0.2, 0.25) is 0 Å².